The number of carbonyl (C=O) groups excluding carboxylic acids is 1. The first kappa shape index (κ1) is 9.60. The van der Waals surface area contributed by atoms with Gasteiger partial charge in [-0.05, 0) is 11.5 Å². The number of hydrogen-bond donors (Lipinski definition) is 1. The second-order valence-corrected chi connectivity index (χ2v) is 4.45. The van der Waals surface area contributed by atoms with Crippen molar-refractivity contribution in [3.8, 4) is 0 Å². The van der Waals surface area contributed by atoms with E-state index in [-0.39, 0.29) is 10.7 Å². The second-order valence-electron chi connectivity index (χ2n) is 2.28. The molecule has 1 heterocycles. The minimum atomic E-state index is -0.171. The lowest BCUT2D eigenvalue weighted by molar-refractivity contribution is 0.0949. The zero-order valence-electron chi connectivity index (χ0n) is 6.45. The summed E-state index contributed by atoms with van der Waals surface area (Å²) in [7, 11) is 0. The summed E-state index contributed by atoms with van der Waals surface area (Å²) in [6.07, 6.45) is 0. The van der Waals surface area contributed by atoms with Gasteiger partial charge >= 0.3 is 0 Å². The zero-order valence-corrected chi connectivity index (χ0v) is 8.85. The highest BCUT2D eigenvalue weighted by Crippen LogP contribution is 1.98. The average molecular weight is 250 g/mol. The van der Waals surface area contributed by atoms with Crippen molar-refractivity contribution in [2.75, 3.05) is 6.54 Å². The molecule has 0 saturated carbocycles. The van der Waals surface area contributed by atoms with Crippen LogP contribution in [0.2, 0.25) is 0 Å². The van der Waals surface area contributed by atoms with E-state index in [1.807, 2.05) is 6.92 Å². The molecule has 0 fully saturated rings. The van der Waals surface area contributed by atoms with Crippen molar-refractivity contribution < 1.29 is 4.79 Å². The summed E-state index contributed by atoms with van der Waals surface area (Å²) in [4.78, 5) is 11.5. The van der Waals surface area contributed by atoms with Crippen LogP contribution in [0.1, 0.15) is 17.4 Å². The van der Waals surface area contributed by atoms with Crippen LogP contribution in [0.15, 0.2) is 5.38 Å². The molecule has 1 N–H and O–H groups in total. The molecule has 1 rings (SSSR count). The van der Waals surface area contributed by atoms with E-state index in [2.05, 4.69) is 30.8 Å². The molecule has 1 amide bonds. The highest BCUT2D eigenvalue weighted by Gasteiger charge is 2.08. The maximum Gasteiger partial charge on any atom is 0.272 e. The summed E-state index contributed by atoms with van der Waals surface area (Å²) in [6, 6.07) is 0. The summed E-state index contributed by atoms with van der Waals surface area (Å²) in [5.41, 5.74) is 0.383. The van der Waals surface area contributed by atoms with Gasteiger partial charge in [-0.3, -0.25) is 4.79 Å². The van der Waals surface area contributed by atoms with Crippen LogP contribution in [-0.2, 0) is 0 Å². The first-order valence-electron chi connectivity index (χ1n) is 3.39. The molecule has 1 unspecified atom stereocenters. The molecule has 0 radical (unpaired) electrons. The molecule has 1 aromatic heterocycles. The van der Waals surface area contributed by atoms with Gasteiger partial charge in [-0.2, -0.15) is 0 Å². The third-order valence-corrected chi connectivity index (χ3v) is 1.96. The summed E-state index contributed by atoms with van der Waals surface area (Å²) in [5.74, 6) is -0.171. The van der Waals surface area contributed by atoms with Gasteiger partial charge in [-0.15, -0.1) is 5.10 Å². The van der Waals surface area contributed by atoms with Gasteiger partial charge in [0.15, 0.2) is 5.69 Å². The summed E-state index contributed by atoms with van der Waals surface area (Å²) >= 11 is 4.49. The second kappa shape index (κ2) is 4.51. The number of hydrogen-bond acceptors (Lipinski definition) is 4. The topological polar surface area (TPSA) is 54.9 Å². The molecular formula is C6H8BrN3OS. The maximum atomic E-state index is 11.2. The SMILES string of the molecule is CC(Br)CNC(=O)c1csnn1. The van der Waals surface area contributed by atoms with Crippen molar-refractivity contribution >= 4 is 33.4 Å². The van der Waals surface area contributed by atoms with Crippen LogP contribution in [0.25, 0.3) is 0 Å². The zero-order chi connectivity index (χ0) is 8.97. The Morgan fingerprint density at radius 3 is 3.17 bits per heavy atom. The highest BCUT2D eigenvalue weighted by atomic mass is 79.9. The molecule has 0 aliphatic rings. The number of alkyl halides is 1. The Morgan fingerprint density at radius 2 is 2.67 bits per heavy atom. The van der Waals surface area contributed by atoms with Gasteiger partial charge in [0.2, 0.25) is 0 Å². The van der Waals surface area contributed by atoms with Gasteiger partial charge in [0, 0.05) is 16.8 Å². The summed E-state index contributed by atoms with van der Waals surface area (Å²) in [5, 5.41) is 7.96. The Morgan fingerprint density at radius 1 is 1.92 bits per heavy atom. The molecule has 4 nitrogen and oxygen atoms in total. The van der Waals surface area contributed by atoms with Crippen LogP contribution >= 0.6 is 27.5 Å². The first-order chi connectivity index (χ1) is 5.70. The smallest absolute Gasteiger partial charge is 0.272 e. The van der Waals surface area contributed by atoms with Crippen molar-refractivity contribution in [3.05, 3.63) is 11.1 Å². The van der Waals surface area contributed by atoms with Crippen LogP contribution in [0.3, 0.4) is 0 Å². The third-order valence-electron chi connectivity index (χ3n) is 1.14. The predicted molar refractivity (Wildman–Crippen MR) is 50.6 cm³/mol. The summed E-state index contributed by atoms with van der Waals surface area (Å²) in [6.45, 7) is 2.55. The van der Waals surface area contributed by atoms with Crippen molar-refractivity contribution in [1.29, 1.82) is 0 Å². The van der Waals surface area contributed by atoms with E-state index in [1.165, 1.54) is 11.5 Å². The Hall–Kier alpha value is -0.490. The number of nitrogens with zero attached hydrogens (tertiary/aromatic N) is 2. The van der Waals surface area contributed by atoms with Crippen molar-refractivity contribution in [2.45, 2.75) is 11.8 Å². The van der Waals surface area contributed by atoms with Crippen LogP contribution in [0.4, 0.5) is 0 Å². The van der Waals surface area contributed by atoms with Gasteiger partial charge in [0.25, 0.3) is 5.91 Å². The van der Waals surface area contributed by atoms with E-state index in [0.717, 1.165) is 0 Å². The van der Waals surface area contributed by atoms with Crippen LogP contribution < -0.4 is 5.32 Å². The highest BCUT2D eigenvalue weighted by molar-refractivity contribution is 9.09. The van der Waals surface area contributed by atoms with Crippen LogP contribution in [0, 0.1) is 0 Å². The molecule has 0 bridgehead atoms. The molecule has 0 aromatic carbocycles. The van der Waals surface area contributed by atoms with Gasteiger partial charge in [-0.25, -0.2) is 0 Å². The molecule has 0 spiro atoms. The van der Waals surface area contributed by atoms with Gasteiger partial charge < -0.3 is 5.32 Å². The average Bonchev–Trinajstić information content (AvgIpc) is 2.51. The van der Waals surface area contributed by atoms with Gasteiger partial charge in [0.05, 0.1) is 0 Å². The van der Waals surface area contributed by atoms with Crippen molar-refractivity contribution in [1.82, 2.24) is 14.9 Å². The molecule has 66 valence electrons. The number of carbonyl (C=O) groups is 1. The Bertz CT molecular complexity index is 249. The van der Waals surface area contributed by atoms with E-state index in [4.69, 9.17) is 0 Å². The normalized spacial score (nSPS) is 12.5. The standard InChI is InChI=1S/C6H8BrN3OS/c1-4(7)2-8-6(11)5-3-12-10-9-5/h3-4H,2H2,1H3,(H,8,11). The molecule has 1 atom stereocenters. The molecule has 12 heavy (non-hydrogen) atoms. The number of rotatable bonds is 3. The quantitative estimate of drug-likeness (QED) is 0.816. The molecule has 0 aliphatic carbocycles. The lowest BCUT2D eigenvalue weighted by Gasteiger charge is -2.03. The largest absolute Gasteiger partial charge is 0.350 e. The fourth-order valence-corrected chi connectivity index (χ4v) is 1.19. The lowest BCUT2D eigenvalue weighted by Crippen LogP contribution is -2.28. The third kappa shape index (κ3) is 2.86. The lowest BCUT2D eigenvalue weighted by atomic mass is 10.4. The van der Waals surface area contributed by atoms with Gasteiger partial charge in [-0.1, -0.05) is 27.3 Å². The predicted octanol–water partition coefficient (Wildman–Crippen LogP) is 1.05. The van der Waals surface area contributed by atoms with Crippen molar-refractivity contribution in [3.63, 3.8) is 0 Å². The monoisotopic (exact) mass is 249 g/mol. The molecular weight excluding hydrogens is 242 g/mol. The fourth-order valence-electron chi connectivity index (χ4n) is 0.587. The molecule has 1 aromatic rings. The van der Waals surface area contributed by atoms with E-state index in [9.17, 15) is 4.79 Å². The Balaban J connectivity index is 2.40. The molecule has 0 aliphatic heterocycles. The molecule has 6 heteroatoms. The van der Waals surface area contributed by atoms with E-state index in [0.29, 0.717) is 12.2 Å². The molecule has 0 saturated heterocycles. The fraction of sp³-hybridized carbons (Fsp3) is 0.500. The number of halogens is 1. The van der Waals surface area contributed by atoms with E-state index < -0.39 is 0 Å². The van der Waals surface area contributed by atoms with E-state index >= 15 is 0 Å². The number of amides is 1. The minimum Gasteiger partial charge on any atom is -0.350 e. The maximum absolute atomic E-state index is 11.2. The van der Waals surface area contributed by atoms with E-state index in [1.54, 1.807) is 5.38 Å². The Kier molecular flexibility index (Phi) is 3.61. The van der Waals surface area contributed by atoms with Gasteiger partial charge in [0.1, 0.15) is 0 Å². The Labute approximate surface area is 82.7 Å². The van der Waals surface area contributed by atoms with Crippen LogP contribution in [-0.4, -0.2) is 26.9 Å². The van der Waals surface area contributed by atoms with Crippen LogP contribution in [0.5, 0.6) is 0 Å². The number of nitrogens with one attached hydrogen (secondary N) is 1. The summed E-state index contributed by atoms with van der Waals surface area (Å²) < 4.78 is 3.59. The van der Waals surface area contributed by atoms with Crippen molar-refractivity contribution in [2.24, 2.45) is 0 Å². The minimum absolute atomic E-state index is 0.171. The number of aromatic nitrogens is 2. The first-order valence-corrected chi connectivity index (χ1v) is 5.14.